The summed E-state index contributed by atoms with van der Waals surface area (Å²) < 4.78 is 5.33. The summed E-state index contributed by atoms with van der Waals surface area (Å²) in [6.45, 7) is 7.96. The summed E-state index contributed by atoms with van der Waals surface area (Å²) in [6, 6.07) is 20.3. The number of benzene rings is 2. The number of rotatable bonds is 6. The second kappa shape index (κ2) is 8.93. The molecule has 2 fully saturated rings. The molecule has 1 aliphatic heterocycles. The Morgan fingerprint density at radius 2 is 1.58 bits per heavy atom. The van der Waals surface area contributed by atoms with Gasteiger partial charge >= 0.3 is 0 Å². The fourth-order valence-electron chi connectivity index (χ4n) is 6.05. The van der Waals surface area contributed by atoms with E-state index in [1.165, 1.54) is 36.8 Å². The van der Waals surface area contributed by atoms with Gasteiger partial charge in [0.25, 0.3) is 0 Å². The van der Waals surface area contributed by atoms with Crippen LogP contribution in [0.25, 0.3) is 0 Å². The van der Waals surface area contributed by atoms with Gasteiger partial charge < -0.3 is 4.74 Å². The van der Waals surface area contributed by atoms with Gasteiger partial charge in [0.05, 0.1) is 13.8 Å². The highest BCUT2D eigenvalue weighted by Crippen LogP contribution is 2.49. The summed E-state index contributed by atoms with van der Waals surface area (Å²) in [5, 5.41) is 0. The average molecular weight is 422 g/mol. The fourth-order valence-corrected chi connectivity index (χ4v) is 6.05. The Labute approximate surface area is 188 Å². The highest BCUT2D eigenvalue weighted by atomic mass is 16.5. The van der Waals surface area contributed by atoms with Crippen molar-refractivity contribution < 1.29 is 4.74 Å². The van der Waals surface area contributed by atoms with Gasteiger partial charge in [-0.05, 0) is 76.9 Å². The Kier molecular flexibility index (Phi) is 6.43. The maximum atomic E-state index is 5.33. The van der Waals surface area contributed by atoms with E-state index >= 15 is 0 Å². The van der Waals surface area contributed by atoms with Crippen LogP contribution >= 0.6 is 0 Å². The van der Waals surface area contributed by atoms with Crippen LogP contribution in [0.4, 0.5) is 0 Å². The molecule has 0 atom stereocenters. The van der Waals surface area contributed by atoms with Crippen molar-refractivity contribution in [2.75, 3.05) is 34.4 Å². The molecule has 0 bridgehead atoms. The van der Waals surface area contributed by atoms with E-state index in [9.17, 15) is 0 Å². The Morgan fingerprint density at radius 3 is 2.13 bits per heavy atom. The van der Waals surface area contributed by atoms with Gasteiger partial charge in [-0.3, -0.25) is 14.7 Å². The van der Waals surface area contributed by atoms with Crippen LogP contribution in [0.5, 0.6) is 5.75 Å². The summed E-state index contributed by atoms with van der Waals surface area (Å²) >= 11 is 0. The monoisotopic (exact) mass is 421 g/mol. The van der Waals surface area contributed by atoms with E-state index < -0.39 is 0 Å². The van der Waals surface area contributed by atoms with Crippen LogP contribution < -0.4 is 4.74 Å². The van der Waals surface area contributed by atoms with Gasteiger partial charge in [-0.25, -0.2) is 0 Å². The molecular weight excluding hydrogens is 382 g/mol. The molecule has 1 aliphatic carbocycles. The van der Waals surface area contributed by atoms with Crippen molar-refractivity contribution in [2.45, 2.75) is 63.2 Å². The molecule has 2 aromatic rings. The van der Waals surface area contributed by atoms with Crippen molar-refractivity contribution in [1.82, 2.24) is 14.7 Å². The molecule has 4 rings (SSSR count). The van der Waals surface area contributed by atoms with Crippen molar-refractivity contribution in [1.29, 1.82) is 0 Å². The first-order valence-electron chi connectivity index (χ1n) is 11.7. The number of methoxy groups -OCH3 is 1. The molecule has 0 radical (unpaired) electrons. The maximum absolute atomic E-state index is 5.33. The predicted octanol–water partition coefficient (Wildman–Crippen LogP) is 4.95. The summed E-state index contributed by atoms with van der Waals surface area (Å²) in [4.78, 5) is 7.90. The highest BCUT2D eigenvalue weighted by molar-refractivity contribution is 5.28. The van der Waals surface area contributed by atoms with Crippen molar-refractivity contribution in [3.05, 3.63) is 65.7 Å². The molecule has 168 valence electrons. The SMILES string of the molecule is COc1ccc(CN2CN(C(C)C)[C@]3(CC[C@](c4ccccc4)(N(C)C)CC3)C2)cc1. The molecular formula is C27H39N3O. The van der Waals surface area contributed by atoms with E-state index in [4.69, 9.17) is 4.74 Å². The highest BCUT2D eigenvalue weighted by Gasteiger charge is 2.51. The van der Waals surface area contributed by atoms with Gasteiger partial charge in [0.15, 0.2) is 0 Å². The summed E-state index contributed by atoms with van der Waals surface area (Å²) in [7, 11) is 6.25. The Hall–Kier alpha value is -1.88. The zero-order valence-corrected chi connectivity index (χ0v) is 20.0. The number of hydrogen-bond donors (Lipinski definition) is 0. The minimum Gasteiger partial charge on any atom is -0.497 e. The third-order valence-corrected chi connectivity index (χ3v) is 7.84. The van der Waals surface area contributed by atoms with E-state index in [1.807, 2.05) is 0 Å². The second-order valence-corrected chi connectivity index (χ2v) is 10.1. The van der Waals surface area contributed by atoms with Crippen LogP contribution in [0.1, 0.15) is 50.7 Å². The van der Waals surface area contributed by atoms with Gasteiger partial charge in [0.1, 0.15) is 5.75 Å². The smallest absolute Gasteiger partial charge is 0.118 e. The fraction of sp³-hybridized carbons (Fsp3) is 0.556. The molecule has 0 unspecified atom stereocenters. The molecule has 2 aliphatic rings. The number of nitrogens with zero attached hydrogens (tertiary/aromatic N) is 3. The van der Waals surface area contributed by atoms with Crippen LogP contribution in [-0.4, -0.2) is 60.7 Å². The molecule has 0 N–H and O–H groups in total. The predicted molar refractivity (Wildman–Crippen MR) is 128 cm³/mol. The van der Waals surface area contributed by atoms with Gasteiger partial charge in [0, 0.05) is 30.2 Å². The van der Waals surface area contributed by atoms with Crippen molar-refractivity contribution in [2.24, 2.45) is 0 Å². The molecule has 1 heterocycles. The Balaban J connectivity index is 1.52. The van der Waals surface area contributed by atoms with Crippen LogP contribution in [0.15, 0.2) is 54.6 Å². The lowest BCUT2D eigenvalue weighted by Gasteiger charge is -2.52. The van der Waals surface area contributed by atoms with Crippen LogP contribution in [0.2, 0.25) is 0 Å². The number of hydrogen-bond acceptors (Lipinski definition) is 4. The third-order valence-electron chi connectivity index (χ3n) is 7.84. The zero-order valence-electron chi connectivity index (χ0n) is 20.0. The summed E-state index contributed by atoms with van der Waals surface area (Å²) in [5.41, 5.74) is 3.27. The first-order valence-corrected chi connectivity index (χ1v) is 11.7. The van der Waals surface area contributed by atoms with Crippen molar-refractivity contribution in [3.63, 3.8) is 0 Å². The lowest BCUT2D eigenvalue weighted by Crippen LogP contribution is -2.56. The van der Waals surface area contributed by atoms with Crippen molar-refractivity contribution >= 4 is 0 Å². The molecule has 0 aromatic heterocycles. The third kappa shape index (κ3) is 4.26. The maximum Gasteiger partial charge on any atom is 0.118 e. The largest absolute Gasteiger partial charge is 0.497 e. The standard InChI is InChI=1S/C27H39N3O/c1-22(2)30-21-29(19-23-11-13-25(31-5)14-12-23)20-26(30)15-17-27(18-16-26,28(3)4)24-9-7-6-8-10-24/h6-14,22H,15-21H2,1-5H3/t26-,27-. The van der Waals surface area contributed by atoms with Crippen LogP contribution in [0.3, 0.4) is 0 Å². The average Bonchev–Trinajstić information content (AvgIpc) is 3.13. The van der Waals surface area contributed by atoms with Crippen LogP contribution in [-0.2, 0) is 12.1 Å². The lowest BCUT2D eigenvalue weighted by atomic mass is 9.68. The first kappa shape index (κ1) is 22.3. The molecule has 1 saturated heterocycles. The molecule has 4 heteroatoms. The van der Waals surface area contributed by atoms with E-state index in [2.05, 4.69) is 97.2 Å². The van der Waals surface area contributed by atoms with Gasteiger partial charge in [-0.2, -0.15) is 0 Å². The Morgan fingerprint density at radius 1 is 0.935 bits per heavy atom. The van der Waals surface area contributed by atoms with E-state index in [1.54, 1.807) is 7.11 Å². The molecule has 1 spiro atoms. The zero-order chi connectivity index (χ0) is 22.1. The minimum absolute atomic E-state index is 0.151. The Bertz CT molecular complexity index is 839. The normalized spacial score (nSPS) is 27.5. The minimum atomic E-state index is 0.151. The van der Waals surface area contributed by atoms with Crippen molar-refractivity contribution in [3.8, 4) is 5.75 Å². The van der Waals surface area contributed by atoms with Gasteiger partial charge in [0.2, 0.25) is 0 Å². The molecule has 2 aromatic carbocycles. The van der Waals surface area contributed by atoms with E-state index in [-0.39, 0.29) is 11.1 Å². The second-order valence-electron chi connectivity index (χ2n) is 10.1. The lowest BCUT2D eigenvalue weighted by molar-refractivity contribution is 0.00358. The molecule has 4 nitrogen and oxygen atoms in total. The number of ether oxygens (including phenoxy) is 1. The first-order chi connectivity index (χ1) is 14.9. The van der Waals surface area contributed by atoms with Gasteiger partial charge in [-0.1, -0.05) is 42.5 Å². The summed E-state index contributed by atoms with van der Waals surface area (Å²) in [6.07, 6.45) is 4.92. The summed E-state index contributed by atoms with van der Waals surface area (Å²) in [5.74, 6) is 0.929. The van der Waals surface area contributed by atoms with Crippen LogP contribution in [0, 0.1) is 0 Å². The van der Waals surface area contributed by atoms with Gasteiger partial charge in [-0.15, -0.1) is 0 Å². The molecule has 31 heavy (non-hydrogen) atoms. The van der Waals surface area contributed by atoms with E-state index in [0.29, 0.717) is 6.04 Å². The topological polar surface area (TPSA) is 19.0 Å². The quantitative estimate of drug-likeness (QED) is 0.657. The molecule has 1 saturated carbocycles. The van der Waals surface area contributed by atoms with E-state index in [0.717, 1.165) is 25.5 Å². The molecule has 0 amide bonds.